The summed E-state index contributed by atoms with van der Waals surface area (Å²) < 4.78 is 6.16. The first-order chi connectivity index (χ1) is 14.5. The number of anilines is 1. The van der Waals surface area contributed by atoms with Crippen molar-refractivity contribution >= 4 is 33.6 Å². The minimum atomic E-state index is -0.257. The number of urea groups is 1. The van der Waals surface area contributed by atoms with E-state index in [2.05, 4.69) is 26.6 Å². The molecule has 0 bridgehead atoms. The van der Waals surface area contributed by atoms with E-state index in [0.717, 1.165) is 10.0 Å². The van der Waals surface area contributed by atoms with E-state index in [-0.39, 0.29) is 30.9 Å². The predicted molar refractivity (Wildman–Crippen MR) is 120 cm³/mol. The monoisotopic (exact) mass is 469 g/mol. The Balaban J connectivity index is 1.66. The molecule has 2 N–H and O–H groups in total. The zero-order valence-electron chi connectivity index (χ0n) is 16.7. The number of carbonyl (C=O) groups excluding carboxylic acids is 2. The zero-order valence-corrected chi connectivity index (χ0v) is 18.3. The smallest absolute Gasteiger partial charge is 0.322 e. The largest absolute Gasteiger partial charge is 0.467 e. The molecule has 0 aliphatic heterocycles. The number of rotatable bonds is 8. The molecule has 2 aromatic carbocycles. The number of nitrogens with one attached hydrogen (secondary N) is 2. The SMILES string of the molecule is CC(c1ccccc1)N(CCC(=O)NCc1ccco1)C(=O)Nc1ccc(Br)cc1. The van der Waals surface area contributed by atoms with Gasteiger partial charge in [0.1, 0.15) is 5.76 Å². The minimum Gasteiger partial charge on any atom is -0.467 e. The summed E-state index contributed by atoms with van der Waals surface area (Å²) in [6, 6.07) is 20.3. The second-order valence-corrected chi connectivity index (χ2v) is 7.74. The summed E-state index contributed by atoms with van der Waals surface area (Å²) in [6.45, 7) is 2.56. The maximum absolute atomic E-state index is 13.0. The Labute approximate surface area is 184 Å². The Morgan fingerprint density at radius 1 is 1.03 bits per heavy atom. The van der Waals surface area contributed by atoms with Gasteiger partial charge in [-0.05, 0) is 48.9 Å². The van der Waals surface area contributed by atoms with Crippen molar-refractivity contribution in [2.75, 3.05) is 11.9 Å². The fourth-order valence-corrected chi connectivity index (χ4v) is 3.28. The van der Waals surface area contributed by atoms with Crippen LogP contribution < -0.4 is 10.6 Å². The second-order valence-electron chi connectivity index (χ2n) is 6.82. The summed E-state index contributed by atoms with van der Waals surface area (Å²) in [4.78, 5) is 27.0. The van der Waals surface area contributed by atoms with E-state index in [4.69, 9.17) is 4.42 Å². The number of hydrogen-bond acceptors (Lipinski definition) is 3. The molecule has 0 fully saturated rings. The Morgan fingerprint density at radius 3 is 2.43 bits per heavy atom. The highest BCUT2D eigenvalue weighted by atomic mass is 79.9. The molecule has 1 unspecified atom stereocenters. The molecule has 0 radical (unpaired) electrons. The van der Waals surface area contributed by atoms with Gasteiger partial charge in [-0.1, -0.05) is 46.3 Å². The van der Waals surface area contributed by atoms with Gasteiger partial charge in [-0.25, -0.2) is 4.79 Å². The van der Waals surface area contributed by atoms with Crippen LogP contribution in [0.4, 0.5) is 10.5 Å². The van der Waals surface area contributed by atoms with Crippen LogP contribution >= 0.6 is 15.9 Å². The summed E-state index contributed by atoms with van der Waals surface area (Å²) in [5.74, 6) is 0.541. The second kappa shape index (κ2) is 10.6. The first-order valence-corrected chi connectivity index (χ1v) is 10.5. The highest BCUT2D eigenvalue weighted by Gasteiger charge is 2.22. The first kappa shape index (κ1) is 21.6. The molecule has 7 heteroatoms. The Morgan fingerprint density at radius 2 is 1.77 bits per heavy atom. The van der Waals surface area contributed by atoms with E-state index in [1.165, 1.54) is 0 Å². The molecule has 3 rings (SSSR count). The molecule has 156 valence electrons. The molecule has 1 aromatic heterocycles. The molecular formula is C23H24BrN3O3. The molecule has 0 aliphatic rings. The number of benzene rings is 2. The molecule has 0 aliphatic carbocycles. The van der Waals surface area contributed by atoms with Gasteiger partial charge in [-0.3, -0.25) is 4.79 Å². The van der Waals surface area contributed by atoms with Crippen LogP contribution in [0.15, 0.2) is 81.9 Å². The van der Waals surface area contributed by atoms with Gasteiger partial charge in [0, 0.05) is 23.1 Å². The number of amides is 3. The number of furan rings is 1. The van der Waals surface area contributed by atoms with E-state index < -0.39 is 0 Å². The maximum atomic E-state index is 13.0. The van der Waals surface area contributed by atoms with Crippen molar-refractivity contribution in [2.24, 2.45) is 0 Å². The molecular weight excluding hydrogens is 446 g/mol. The molecule has 0 saturated heterocycles. The number of carbonyl (C=O) groups is 2. The Kier molecular flexibility index (Phi) is 7.68. The molecule has 1 heterocycles. The van der Waals surface area contributed by atoms with Gasteiger partial charge in [0.05, 0.1) is 18.8 Å². The lowest BCUT2D eigenvalue weighted by atomic mass is 10.1. The van der Waals surface area contributed by atoms with Crippen molar-refractivity contribution in [2.45, 2.75) is 25.9 Å². The highest BCUT2D eigenvalue weighted by molar-refractivity contribution is 9.10. The van der Waals surface area contributed by atoms with E-state index in [0.29, 0.717) is 18.0 Å². The number of hydrogen-bond donors (Lipinski definition) is 2. The van der Waals surface area contributed by atoms with E-state index in [1.54, 1.807) is 23.3 Å². The van der Waals surface area contributed by atoms with Crippen molar-refractivity contribution in [3.63, 3.8) is 0 Å². The summed E-state index contributed by atoms with van der Waals surface area (Å²) >= 11 is 3.39. The van der Waals surface area contributed by atoms with Crippen LogP contribution in [0.3, 0.4) is 0 Å². The lowest BCUT2D eigenvalue weighted by molar-refractivity contribution is -0.121. The van der Waals surface area contributed by atoms with Gasteiger partial charge in [0.25, 0.3) is 0 Å². The molecule has 3 aromatic rings. The average Bonchev–Trinajstić information content (AvgIpc) is 3.28. The molecule has 3 amide bonds. The van der Waals surface area contributed by atoms with Gasteiger partial charge in [0.15, 0.2) is 0 Å². The van der Waals surface area contributed by atoms with Gasteiger partial charge < -0.3 is 20.0 Å². The average molecular weight is 470 g/mol. The normalized spacial score (nSPS) is 11.5. The van der Waals surface area contributed by atoms with E-state index in [9.17, 15) is 9.59 Å². The molecule has 30 heavy (non-hydrogen) atoms. The van der Waals surface area contributed by atoms with Crippen molar-refractivity contribution in [3.8, 4) is 0 Å². The molecule has 1 atom stereocenters. The summed E-state index contributed by atoms with van der Waals surface area (Å²) in [5, 5.41) is 5.74. The lowest BCUT2D eigenvalue weighted by Crippen LogP contribution is -2.39. The van der Waals surface area contributed by atoms with E-state index >= 15 is 0 Å². The van der Waals surface area contributed by atoms with Gasteiger partial charge in [0.2, 0.25) is 5.91 Å². The van der Waals surface area contributed by atoms with Crippen LogP contribution in [-0.2, 0) is 11.3 Å². The topological polar surface area (TPSA) is 74.6 Å². The molecule has 0 saturated carbocycles. The van der Waals surface area contributed by atoms with Crippen LogP contribution in [0.25, 0.3) is 0 Å². The van der Waals surface area contributed by atoms with Crippen LogP contribution in [0.2, 0.25) is 0 Å². The van der Waals surface area contributed by atoms with Crippen molar-refractivity contribution in [1.29, 1.82) is 0 Å². The van der Waals surface area contributed by atoms with Crippen LogP contribution in [-0.4, -0.2) is 23.4 Å². The van der Waals surface area contributed by atoms with Gasteiger partial charge in [-0.15, -0.1) is 0 Å². The van der Waals surface area contributed by atoms with Crippen molar-refractivity contribution < 1.29 is 14.0 Å². The van der Waals surface area contributed by atoms with Crippen LogP contribution in [0.5, 0.6) is 0 Å². The summed E-state index contributed by atoms with van der Waals surface area (Å²) in [6.07, 6.45) is 1.75. The van der Waals surface area contributed by atoms with Crippen LogP contribution in [0.1, 0.15) is 30.7 Å². The lowest BCUT2D eigenvalue weighted by Gasteiger charge is -2.29. The number of halogens is 1. The fourth-order valence-electron chi connectivity index (χ4n) is 3.02. The van der Waals surface area contributed by atoms with Crippen molar-refractivity contribution in [3.05, 3.63) is 88.8 Å². The van der Waals surface area contributed by atoms with E-state index in [1.807, 2.05) is 61.5 Å². The standard InChI is InChI=1S/C23H24BrN3O3/c1-17(18-6-3-2-4-7-18)27(23(29)26-20-11-9-19(24)10-12-20)14-13-22(28)25-16-21-8-5-15-30-21/h2-12,15,17H,13-14,16H2,1H3,(H,25,28)(H,26,29). The molecule has 6 nitrogen and oxygen atoms in total. The van der Waals surface area contributed by atoms with Crippen LogP contribution in [0, 0.1) is 0 Å². The van der Waals surface area contributed by atoms with Crippen molar-refractivity contribution in [1.82, 2.24) is 10.2 Å². The maximum Gasteiger partial charge on any atom is 0.322 e. The number of nitrogens with zero attached hydrogens (tertiary/aromatic N) is 1. The first-order valence-electron chi connectivity index (χ1n) is 9.70. The van der Waals surface area contributed by atoms with Gasteiger partial charge in [-0.2, -0.15) is 0 Å². The minimum absolute atomic E-state index is 0.145. The quantitative estimate of drug-likeness (QED) is 0.467. The fraction of sp³-hybridized carbons (Fsp3) is 0.217. The Hall–Kier alpha value is -3.06. The third-order valence-electron chi connectivity index (χ3n) is 4.73. The predicted octanol–water partition coefficient (Wildman–Crippen LogP) is 5.34. The zero-order chi connectivity index (χ0) is 21.3. The summed E-state index contributed by atoms with van der Waals surface area (Å²) in [5.41, 5.74) is 1.69. The Bertz CT molecular complexity index is 944. The van der Waals surface area contributed by atoms with Gasteiger partial charge >= 0.3 is 6.03 Å². The molecule has 0 spiro atoms. The third-order valence-corrected chi connectivity index (χ3v) is 5.25. The highest BCUT2D eigenvalue weighted by Crippen LogP contribution is 2.22. The third kappa shape index (κ3) is 6.22. The summed E-state index contributed by atoms with van der Waals surface area (Å²) in [7, 11) is 0.